The van der Waals surface area contributed by atoms with Crippen LogP contribution in [0.25, 0.3) is 0 Å². The van der Waals surface area contributed by atoms with E-state index in [2.05, 4.69) is 34.3 Å². The largest absolute Gasteiger partial charge is 0.434 e. The summed E-state index contributed by atoms with van der Waals surface area (Å²) in [5.74, 6) is 0.219. The van der Waals surface area contributed by atoms with Crippen molar-refractivity contribution in [2.45, 2.75) is 33.0 Å². The summed E-state index contributed by atoms with van der Waals surface area (Å²) >= 11 is 0. The van der Waals surface area contributed by atoms with Gasteiger partial charge in [0.1, 0.15) is 5.75 Å². The molecule has 0 fully saturated rings. The Bertz CT molecular complexity index is 569. The standard InChI is InChI=1S/C17H19F2NO/c1-12-7-9-14(10-8-12)11-20-13(2)15-5-3-4-6-16(15)21-17(18)19/h3-10,13,17,20H,11H2,1-2H3. The van der Waals surface area contributed by atoms with E-state index in [1.165, 1.54) is 5.56 Å². The molecule has 0 amide bonds. The molecule has 2 rings (SSSR count). The number of alkyl halides is 2. The highest BCUT2D eigenvalue weighted by molar-refractivity contribution is 5.35. The third kappa shape index (κ3) is 4.53. The minimum atomic E-state index is -2.81. The van der Waals surface area contributed by atoms with E-state index < -0.39 is 6.61 Å². The van der Waals surface area contributed by atoms with Crippen molar-refractivity contribution in [3.8, 4) is 5.75 Å². The van der Waals surface area contributed by atoms with Gasteiger partial charge in [0.15, 0.2) is 0 Å². The smallest absolute Gasteiger partial charge is 0.387 e. The van der Waals surface area contributed by atoms with Crippen LogP contribution in [0.5, 0.6) is 5.75 Å². The normalized spacial score (nSPS) is 12.4. The maximum Gasteiger partial charge on any atom is 0.387 e. The average molecular weight is 291 g/mol. The van der Waals surface area contributed by atoms with Crippen LogP contribution in [0.1, 0.15) is 29.7 Å². The Balaban J connectivity index is 2.03. The fourth-order valence-electron chi connectivity index (χ4n) is 2.13. The Morgan fingerprint density at radius 2 is 1.71 bits per heavy atom. The first-order valence-electron chi connectivity index (χ1n) is 6.89. The summed E-state index contributed by atoms with van der Waals surface area (Å²) in [5, 5.41) is 3.32. The van der Waals surface area contributed by atoms with Crippen LogP contribution in [-0.2, 0) is 6.54 Å². The number of hydrogen-bond acceptors (Lipinski definition) is 2. The predicted octanol–water partition coefficient (Wildman–Crippen LogP) is 4.45. The van der Waals surface area contributed by atoms with Gasteiger partial charge in [-0.25, -0.2) is 0 Å². The zero-order valence-electron chi connectivity index (χ0n) is 12.1. The summed E-state index contributed by atoms with van der Waals surface area (Å²) < 4.78 is 29.4. The van der Waals surface area contributed by atoms with Crippen LogP contribution >= 0.6 is 0 Å². The molecule has 0 bridgehead atoms. The Kier molecular flexibility index (Phi) is 5.28. The molecule has 2 aromatic rings. The summed E-state index contributed by atoms with van der Waals surface area (Å²) in [6, 6.07) is 15.0. The number of benzene rings is 2. The molecule has 112 valence electrons. The van der Waals surface area contributed by atoms with E-state index in [4.69, 9.17) is 0 Å². The van der Waals surface area contributed by atoms with Crippen LogP contribution < -0.4 is 10.1 Å². The first-order chi connectivity index (χ1) is 10.1. The van der Waals surface area contributed by atoms with Crippen LogP contribution in [0.15, 0.2) is 48.5 Å². The molecule has 0 spiro atoms. The fraction of sp³-hybridized carbons (Fsp3) is 0.294. The van der Waals surface area contributed by atoms with Gasteiger partial charge in [0, 0.05) is 18.2 Å². The second-order valence-corrected chi connectivity index (χ2v) is 5.00. The van der Waals surface area contributed by atoms with E-state index in [1.54, 1.807) is 18.2 Å². The number of ether oxygens (including phenoxy) is 1. The minimum Gasteiger partial charge on any atom is -0.434 e. The van der Waals surface area contributed by atoms with Crippen LogP contribution in [0.2, 0.25) is 0 Å². The number of para-hydroxylation sites is 1. The van der Waals surface area contributed by atoms with E-state index in [1.807, 2.05) is 19.9 Å². The molecule has 0 aliphatic heterocycles. The van der Waals surface area contributed by atoms with Crippen molar-refractivity contribution in [1.29, 1.82) is 0 Å². The number of rotatable bonds is 6. The third-order valence-corrected chi connectivity index (χ3v) is 3.33. The first-order valence-corrected chi connectivity index (χ1v) is 6.89. The number of halogens is 2. The van der Waals surface area contributed by atoms with Gasteiger partial charge in [0.2, 0.25) is 0 Å². The monoisotopic (exact) mass is 291 g/mol. The molecule has 0 saturated carbocycles. The quantitative estimate of drug-likeness (QED) is 0.849. The SMILES string of the molecule is Cc1ccc(CNC(C)c2ccccc2OC(F)F)cc1. The highest BCUT2D eigenvalue weighted by atomic mass is 19.3. The zero-order chi connectivity index (χ0) is 15.2. The van der Waals surface area contributed by atoms with Crippen molar-refractivity contribution >= 4 is 0 Å². The summed E-state index contributed by atoms with van der Waals surface area (Å²) in [6.07, 6.45) is 0. The zero-order valence-corrected chi connectivity index (χ0v) is 12.1. The van der Waals surface area contributed by atoms with Gasteiger partial charge >= 0.3 is 6.61 Å². The van der Waals surface area contributed by atoms with Crippen molar-refractivity contribution in [3.63, 3.8) is 0 Å². The molecule has 21 heavy (non-hydrogen) atoms. The second kappa shape index (κ2) is 7.18. The fourth-order valence-corrected chi connectivity index (χ4v) is 2.13. The van der Waals surface area contributed by atoms with Crippen molar-refractivity contribution in [2.75, 3.05) is 0 Å². The highest BCUT2D eigenvalue weighted by Crippen LogP contribution is 2.26. The van der Waals surface area contributed by atoms with Crippen LogP contribution in [0, 0.1) is 6.92 Å². The van der Waals surface area contributed by atoms with Crippen molar-refractivity contribution in [3.05, 3.63) is 65.2 Å². The van der Waals surface area contributed by atoms with Crippen molar-refractivity contribution in [2.24, 2.45) is 0 Å². The molecule has 0 radical (unpaired) electrons. The van der Waals surface area contributed by atoms with E-state index in [0.717, 1.165) is 11.1 Å². The lowest BCUT2D eigenvalue weighted by Crippen LogP contribution is -2.19. The van der Waals surface area contributed by atoms with Crippen molar-refractivity contribution in [1.82, 2.24) is 5.32 Å². The Morgan fingerprint density at radius 1 is 1.05 bits per heavy atom. The molecule has 1 unspecified atom stereocenters. The van der Waals surface area contributed by atoms with E-state index in [0.29, 0.717) is 6.54 Å². The first kappa shape index (κ1) is 15.4. The third-order valence-electron chi connectivity index (χ3n) is 3.33. The Hall–Kier alpha value is -1.94. The summed E-state index contributed by atoms with van der Waals surface area (Å²) in [5.41, 5.74) is 3.09. The Morgan fingerprint density at radius 3 is 2.38 bits per heavy atom. The molecule has 0 saturated heterocycles. The highest BCUT2D eigenvalue weighted by Gasteiger charge is 2.14. The minimum absolute atomic E-state index is 0.0822. The van der Waals surface area contributed by atoms with Gasteiger partial charge in [-0.2, -0.15) is 8.78 Å². The molecule has 0 heterocycles. The summed E-state index contributed by atoms with van der Waals surface area (Å²) in [7, 11) is 0. The van der Waals surface area contributed by atoms with Gasteiger partial charge < -0.3 is 10.1 Å². The lowest BCUT2D eigenvalue weighted by Gasteiger charge is -2.18. The lowest BCUT2D eigenvalue weighted by molar-refractivity contribution is -0.0506. The molecule has 1 N–H and O–H groups in total. The number of hydrogen-bond donors (Lipinski definition) is 1. The van der Waals surface area contributed by atoms with Gasteiger partial charge in [0.05, 0.1) is 0 Å². The molecule has 2 aromatic carbocycles. The molecular weight excluding hydrogens is 272 g/mol. The molecule has 0 aliphatic rings. The summed E-state index contributed by atoms with van der Waals surface area (Å²) in [4.78, 5) is 0. The predicted molar refractivity (Wildman–Crippen MR) is 79.5 cm³/mol. The van der Waals surface area contributed by atoms with Gasteiger partial charge in [-0.3, -0.25) is 0 Å². The topological polar surface area (TPSA) is 21.3 Å². The van der Waals surface area contributed by atoms with Gasteiger partial charge in [-0.15, -0.1) is 0 Å². The maximum atomic E-state index is 12.4. The van der Waals surface area contributed by atoms with Gasteiger partial charge in [-0.1, -0.05) is 48.0 Å². The number of nitrogens with one attached hydrogen (secondary N) is 1. The second-order valence-electron chi connectivity index (χ2n) is 5.00. The lowest BCUT2D eigenvalue weighted by atomic mass is 10.1. The van der Waals surface area contributed by atoms with E-state index in [9.17, 15) is 8.78 Å². The van der Waals surface area contributed by atoms with E-state index >= 15 is 0 Å². The Labute approximate surface area is 123 Å². The van der Waals surface area contributed by atoms with Crippen LogP contribution in [0.4, 0.5) is 8.78 Å². The van der Waals surface area contributed by atoms with E-state index in [-0.39, 0.29) is 11.8 Å². The molecular formula is C17H19F2NO. The van der Waals surface area contributed by atoms with Gasteiger partial charge in [-0.05, 0) is 25.5 Å². The average Bonchev–Trinajstić information content (AvgIpc) is 2.46. The van der Waals surface area contributed by atoms with Crippen LogP contribution in [-0.4, -0.2) is 6.61 Å². The summed E-state index contributed by atoms with van der Waals surface area (Å²) in [6.45, 7) is 1.83. The number of aryl methyl sites for hydroxylation is 1. The van der Waals surface area contributed by atoms with Crippen LogP contribution in [0.3, 0.4) is 0 Å². The molecule has 1 atom stereocenters. The maximum absolute atomic E-state index is 12.4. The van der Waals surface area contributed by atoms with Crippen molar-refractivity contribution < 1.29 is 13.5 Å². The molecule has 2 nitrogen and oxygen atoms in total. The van der Waals surface area contributed by atoms with Gasteiger partial charge in [0.25, 0.3) is 0 Å². The molecule has 0 aromatic heterocycles. The molecule has 0 aliphatic carbocycles. The molecule has 4 heteroatoms.